The summed E-state index contributed by atoms with van der Waals surface area (Å²) in [7, 11) is 1.60. The van der Waals surface area contributed by atoms with Gasteiger partial charge in [0, 0.05) is 30.5 Å². The van der Waals surface area contributed by atoms with Crippen LogP contribution in [-0.2, 0) is 11.3 Å². The lowest BCUT2D eigenvalue weighted by Crippen LogP contribution is -2.41. The van der Waals surface area contributed by atoms with Crippen LogP contribution in [0.5, 0.6) is 5.75 Å². The van der Waals surface area contributed by atoms with Crippen molar-refractivity contribution in [3.63, 3.8) is 0 Å². The van der Waals surface area contributed by atoms with E-state index in [1.807, 2.05) is 36.9 Å². The van der Waals surface area contributed by atoms with Crippen molar-refractivity contribution < 1.29 is 14.3 Å². The molecule has 1 aromatic heterocycles. The lowest BCUT2D eigenvalue weighted by molar-refractivity contribution is -0.133. The number of carbonyl (C=O) groups excluding carboxylic acids is 2. The van der Waals surface area contributed by atoms with Gasteiger partial charge in [0.15, 0.2) is 5.78 Å². The summed E-state index contributed by atoms with van der Waals surface area (Å²) in [5, 5.41) is 5.33. The Morgan fingerprint density at radius 2 is 1.74 bits per heavy atom. The molecule has 0 saturated carbocycles. The maximum atomic E-state index is 13.4. The number of hydrogen-bond donors (Lipinski definition) is 0. The molecule has 2 rings (SSSR count). The minimum Gasteiger partial charge on any atom is -0.497 e. The van der Waals surface area contributed by atoms with Gasteiger partial charge >= 0.3 is 0 Å². The third-order valence-electron chi connectivity index (χ3n) is 5.15. The average Bonchev–Trinajstić information content (AvgIpc) is 3.00. The van der Waals surface area contributed by atoms with Crippen molar-refractivity contribution in [1.82, 2.24) is 14.7 Å². The molecule has 31 heavy (non-hydrogen) atoms. The van der Waals surface area contributed by atoms with Crippen LogP contribution in [0.4, 0.5) is 0 Å². The number of fused-ring (bicyclic) bond motifs is 1. The third kappa shape index (κ3) is 6.81. The van der Waals surface area contributed by atoms with Crippen LogP contribution in [-0.4, -0.2) is 46.6 Å². The van der Waals surface area contributed by atoms with Gasteiger partial charge in [-0.15, -0.1) is 0 Å². The Bertz CT molecular complexity index is 930. The second kappa shape index (κ2) is 9.41. The first-order valence-corrected chi connectivity index (χ1v) is 11.1. The summed E-state index contributed by atoms with van der Waals surface area (Å²) in [4.78, 5) is 28.0. The third-order valence-corrected chi connectivity index (χ3v) is 5.15. The van der Waals surface area contributed by atoms with E-state index in [0.717, 1.165) is 17.3 Å². The Balaban J connectivity index is 2.42. The fourth-order valence-electron chi connectivity index (χ4n) is 3.42. The lowest BCUT2D eigenvalue weighted by Gasteiger charge is -2.32. The predicted octanol–water partition coefficient (Wildman–Crippen LogP) is 5.19. The molecule has 2 aromatic rings. The molecular formula is C25H39N3O3. The van der Waals surface area contributed by atoms with Gasteiger partial charge in [0.05, 0.1) is 12.6 Å². The zero-order valence-electron chi connectivity index (χ0n) is 20.7. The Kier molecular flexibility index (Phi) is 7.56. The molecule has 1 heterocycles. The first-order chi connectivity index (χ1) is 14.2. The fraction of sp³-hybridized carbons (Fsp3) is 0.640. The van der Waals surface area contributed by atoms with E-state index in [1.165, 1.54) is 0 Å². The van der Waals surface area contributed by atoms with Gasteiger partial charge in [-0.3, -0.25) is 14.3 Å². The molecule has 0 fully saturated rings. The standard InChI is InChI=1S/C25H39N3O3/c1-17(2)23(30)22-19-11-10-18(31-9)14-20(19)28(26-22)15-21(29)27(16-25(6,7)8)13-12-24(3,4)5/h10-11,14,17H,12-13,15-16H2,1-9H3. The molecule has 1 amide bonds. The molecule has 0 aliphatic heterocycles. The number of methoxy groups -OCH3 is 1. The molecule has 0 saturated heterocycles. The van der Waals surface area contributed by atoms with Crippen LogP contribution in [0.3, 0.4) is 0 Å². The second-order valence-corrected chi connectivity index (χ2v) is 11.1. The van der Waals surface area contributed by atoms with Crippen molar-refractivity contribution in [2.24, 2.45) is 16.7 Å². The number of nitrogens with zero attached hydrogens (tertiary/aromatic N) is 3. The summed E-state index contributed by atoms with van der Waals surface area (Å²) >= 11 is 0. The molecule has 0 atom stereocenters. The van der Waals surface area contributed by atoms with Gasteiger partial charge in [-0.2, -0.15) is 5.10 Å². The van der Waals surface area contributed by atoms with Crippen molar-refractivity contribution >= 4 is 22.6 Å². The topological polar surface area (TPSA) is 64.4 Å². The smallest absolute Gasteiger partial charge is 0.244 e. The Morgan fingerprint density at radius 1 is 1.10 bits per heavy atom. The van der Waals surface area contributed by atoms with E-state index in [2.05, 4.69) is 46.6 Å². The summed E-state index contributed by atoms with van der Waals surface area (Å²) in [6.45, 7) is 18.1. The molecule has 6 heteroatoms. The lowest BCUT2D eigenvalue weighted by atomic mass is 9.91. The number of Topliss-reactive ketones (excluding diaryl/α,β-unsaturated/α-hetero) is 1. The highest BCUT2D eigenvalue weighted by molar-refractivity contribution is 6.07. The number of amides is 1. The van der Waals surface area contributed by atoms with E-state index >= 15 is 0 Å². The molecule has 0 N–H and O–H groups in total. The van der Waals surface area contributed by atoms with E-state index in [-0.39, 0.29) is 35.0 Å². The quantitative estimate of drug-likeness (QED) is 0.541. The zero-order valence-corrected chi connectivity index (χ0v) is 20.7. The minimum atomic E-state index is -0.173. The van der Waals surface area contributed by atoms with Crippen molar-refractivity contribution in [2.75, 3.05) is 20.2 Å². The summed E-state index contributed by atoms with van der Waals surface area (Å²) < 4.78 is 7.02. The first-order valence-electron chi connectivity index (χ1n) is 11.1. The number of ether oxygens (including phenoxy) is 1. The number of rotatable bonds is 8. The molecule has 6 nitrogen and oxygen atoms in total. The molecule has 0 spiro atoms. The van der Waals surface area contributed by atoms with Gasteiger partial charge in [-0.1, -0.05) is 55.4 Å². The van der Waals surface area contributed by atoms with Gasteiger partial charge in [0.2, 0.25) is 5.91 Å². The summed E-state index contributed by atoms with van der Waals surface area (Å²) in [6, 6.07) is 5.52. The molecule has 172 valence electrons. The number of ketones is 1. The molecule has 0 bridgehead atoms. The normalized spacial score (nSPS) is 12.5. The average molecular weight is 430 g/mol. The van der Waals surface area contributed by atoms with Gasteiger partial charge < -0.3 is 9.64 Å². The molecule has 0 aliphatic carbocycles. The highest BCUT2D eigenvalue weighted by Gasteiger charge is 2.26. The van der Waals surface area contributed by atoms with Gasteiger partial charge in [0.25, 0.3) is 0 Å². The number of aromatic nitrogens is 2. The summed E-state index contributed by atoms with van der Waals surface area (Å²) in [6.07, 6.45) is 0.916. The van der Waals surface area contributed by atoms with Crippen LogP contribution in [0.2, 0.25) is 0 Å². The minimum absolute atomic E-state index is 0.00920. The SMILES string of the molecule is COc1ccc2c(C(=O)C(C)C)nn(CC(=O)N(CCC(C)(C)C)CC(C)(C)C)c2c1. The predicted molar refractivity (Wildman–Crippen MR) is 126 cm³/mol. The Morgan fingerprint density at radius 3 is 2.26 bits per heavy atom. The zero-order chi connectivity index (χ0) is 23.6. The van der Waals surface area contributed by atoms with E-state index in [4.69, 9.17) is 4.74 Å². The second-order valence-electron chi connectivity index (χ2n) is 11.1. The Hall–Kier alpha value is -2.37. The van der Waals surface area contributed by atoms with Crippen molar-refractivity contribution in [1.29, 1.82) is 0 Å². The van der Waals surface area contributed by atoms with Crippen LogP contribution >= 0.6 is 0 Å². The van der Waals surface area contributed by atoms with Gasteiger partial charge in [-0.05, 0) is 29.4 Å². The fourth-order valence-corrected chi connectivity index (χ4v) is 3.42. The first kappa shape index (κ1) is 24.9. The van der Waals surface area contributed by atoms with Crippen LogP contribution in [0.1, 0.15) is 72.3 Å². The van der Waals surface area contributed by atoms with E-state index < -0.39 is 0 Å². The summed E-state index contributed by atoms with van der Waals surface area (Å²) in [5.74, 6) is 0.480. The molecule has 0 unspecified atom stereocenters. The molecular weight excluding hydrogens is 390 g/mol. The summed E-state index contributed by atoms with van der Waals surface area (Å²) in [5.41, 5.74) is 1.28. The van der Waals surface area contributed by atoms with Gasteiger partial charge in [0.1, 0.15) is 18.0 Å². The van der Waals surface area contributed by atoms with E-state index in [9.17, 15) is 9.59 Å². The van der Waals surface area contributed by atoms with Gasteiger partial charge in [-0.25, -0.2) is 0 Å². The maximum absolute atomic E-state index is 13.4. The van der Waals surface area contributed by atoms with Crippen LogP contribution in [0.25, 0.3) is 10.9 Å². The number of hydrogen-bond acceptors (Lipinski definition) is 4. The van der Waals surface area contributed by atoms with E-state index in [1.54, 1.807) is 11.8 Å². The monoisotopic (exact) mass is 429 g/mol. The molecule has 0 aliphatic rings. The van der Waals surface area contributed by atoms with Crippen molar-refractivity contribution in [3.8, 4) is 5.75 Å². The maximum Gasteiger partial charge on any atom is 0.244 e. The Labute approximate surface area is 186 Å². The number of benzene rings is 1. The van der Waals surface area contributed by atoms with Crippen LogP contribution < -0.4 is 4.74 Å². The van der Waals surface area contributed by atoms with Crippen molar-refractivity contribution in [2.45, 2.75) is 68.4 Å². The largest absolute Gasteiger partial charge is 0.497 e. The van der Waals surface area contributed by atoms with Crippen LogP contribution in [0.15, 0.2) is 18.2 Å². The molecule has 0 radical (unpaired) electrons. The highest BCUT2D eigenvalue weighted by Crippen LogP contribution is 2.26. The highest BCUT2D eigenvalue weighted by atomic mass is 16.5. The van der Waals surface area contributed by atoms with E-state index in [0.29, 0.717) is 24.5 Å². The number of carbonyl (C=O) groups is 2. The van der Waals surface area contributed by atoms with Crippen molar-refractivity contribution in [3.05, 3.63) is 23.9 Å². The van der Waals surface area contributed by atoms with Crippen LogP contribution in [0, 0.1) is 16.7 Å². The molecule has 1 aromatic carbocycles.